The van der Waals surface area contributed by atoms with Gasteiger partial charge >= 0.3 is 0 Å². The third kappa shape index (κ3) is 5.68. The van der Waals surface area contributed by atoms with Crippen molar-refractivity contribution in [2.24, 2.45) is 0 Å². The third-order valence-corrected chi connectivity index (χ3v) is 8.19. The Labute approximate surface area is 246 Å². The van der Waals surface area contributed by atoms with Crippen LogP contribution in [0, 0.1) is 0 Å². The zero-order chi connectivity index (χ0) is 28.3. The summed E-state index contributed by atoms with van der Waals surface area (Å²) >= 11 is 8.91. The van der Waals surface area contributed by atoms with Crippen molar-refractivity contribution in [1.29, 1.82) is 0 Å². The molecule has 1 N–H and O–H groups in total. The fourth-order valence-electron chi connectivity index (χ4n) is 4.23. The lowest BCUT2D eigenvalue weighted by Crippen LogP contribution is -2.25. The summed E-state index contributed by atoms with van der Waals surface area (Å²) in [5.41, 5.74) is 2.42. The first-order valence-corrected chi connectivity index (χ1v) is 14.5. The SMILES string of the molecule is O=C(Cn1cc(-c2ccncc2)cc(-c2cc(NCc3ccc(Cl)s3)n(C(=O)c3ccoc3)n2)c1=O)c1ccsc1. The first-order chi connectivity index (χ1) is 20.0. The molecule has 0 amide bonds. The highest BCUT2D eigenvalue weighted by atomic mass is 35.5. The second-order valence-electron chi connectivity index (χ2n) is 8.95. The lowest BCUT2D eigenvalue weighted by atomic mass is 10.1. The van der Waals surface area contributed by atoms with Gasteiger partial charge in [0.1, 0.15) is 17.8 Å². The molecule has 6 aromatic rings. The number of carbonyl (C=O) groups excluding carboxylic acids is 2. The molecule has 0 aliphatic carbocycles. The highest BCUT2D eigenvalue weighted by molar-refractivity contribution is 7.16. The van der Waals surface area contributed by atoms with Crippen molar-refractivity contribution in [1.82, 2.24) is 19.3 Å². The maximum Gasteiger partial charge on any atom is 0.283 e. The number of nitrogens with zero attached hydrogens (tertiary/aromatic N) is 4. The van der Waals surface area contributed by atoms with Crippen LogP contribution in [0.2, 0.25) is 4.34 Å². The average Bonchev–Trinajstić information content (AvgIpc) is 3.81. The molecule has 9 nitrogen and oxygen atoms in total. The van der Waals surface area contributed by atoms with Crippen LogP contribution in [0.25, 0.3) is 22.4 Å². The van der Waals surface area contributed by atoms with E-state index in [1.807, 2.05) is 23.6 Å². The standard InChI is InChI=1S/C29H20ClN5O4S2/c30-26-2-1-22(41-26)13-32-27-12-24(33-35(27)28(37)19-5-9-39-16-19)23-11-21(18-3-7-31-8-4-18)14-34(29(23)38)15-25(36)20-6-10-40-17-20/h1-12,14,16-17,32H,13,15H2. The normalized spacial score (nSPS) is 11.0. The largest absolute Gasteiger partial charge is 0.472 e. The summed E-state index contributed by atoms with van der Waals surface area (Å²) in [6.07, 6.45) is 7.69. The number of carbonyl (C=O) groups is 2. The van der Waals surface area contributed by atoms with Gasteiger partial charge in [0.15, 0.2) is 5.78 Å². The van der Waals surface area contributed by atoms with Crippen LogP contribution >= 0.6 is 34.3 Å². The molecule has 0 atom stereocenters. The van der Waals surface area contributed by atoms with E-state index in [9.17, 15) is 14.4 Å². The number of hydrogen-bond acceptors (Lipinski definition) is 9. The lowest BCUT2D eigenvalue weighted by Gasteiger charge is -2.11. The van der Waals surface area contributed by atoms with Gasteiger partial charge in [-0.15, -0.1) is 11.3 Å². The molecular formula is C29H20ClN5O4S2. The van der Waals surface area contributed by atoms with Gasteiger partial charge in [0, 0.05) is 40.5 Å². The first-order valence-electron chi connectivity index (χ1n) is 12.3. The van der Waals surface area contributed by atoms with E-state index < -0.39 is 11.5 Å². The molecule has 41 heavy (non-hydrogen) atoms. The molecule has 0 radical (unpaired) electrons. The van der Waals surface area contributed by atoms with Crippen molar-refractivity contribution >= 4 is 51.8 Å². The highest BCUT2D eigenvalue weighted by Crippen LogP contribution is 2.27. The van der Waals surface area contributed by atoms with Gasteiger partial charge in [-0.1, -0.05) is 11.6 Å². The number of hydrogen-bond donors (Lipinski definition) is 1. The van der Waals surface area contributed by atoms with E-state index in [1.165, 1.54) is 44.4 Å². The number of rotatable bonds is 9. The molecule has 6 rings (SSSR count). The molecule has 0 aromatic carbocycles. The Bertz CT molecular complexity index is 1890. The number of halogens is 1. The highest BCUT2D eigenvalue weighted by Gasteiger charge is 2.21. The maximum absolute atomic E-state index is 13.8. The Morgan fingerprint density at radius 2 is 1.88 bits per heavy atom. The molecule has 0 bridgehead atoms. The minimum absolute atomic E-state index is 0.152. The fourth-order valence-corrected chi connectivity index (χ4v) is 5.92. The van der Waals surface area contributed by atoms with Gasteiger partial charge in [-0.2, -0.15) is 21.1 Å². The predicted molar refractivity (Wildman–Crippen MR) is 159 cm³/mol. The first kappa shape index (κ1) is 26.6. The zero-order valence-corrected chi connectivity index (χ0v) is 23.6. The average molecular weight is 602 g/mol. The predicted octanol–water partition coefficient (Wildman–Crippen LogP) is 6.33. The Morgan fingerprint density at radius 3 is 2.59 bits per heavy atom. The molecular weight excluding hydrogens is 582 g/mol. The van der Waals surface area contributed by atoms with Gasteiger partial charge in [0.05, 0.1) is 34.8 Å². The van der Waals surface area contributed by atoms with Crippen LogP contribution < -0.4 is 10.9 Å². The van der Waals surface area contributed by atoms with Gasteiger partial charge in [-0.3, -0.25) is 19.4 Å². The Balaban J connectivity index is 1.45. The molecule has 204 valence electrons. The quantitative estimate of drug-likeness (QED) is 0.193. The zero-order valence-electron chi connectivity index (χ0n) is 21.2. The van der Waals surface area contributed by atoms with Crippen molar-refractivity contribution < 1.29 is 14.0 Å². The molecule has 0 spiro atoms. The van der Waals surface area contributed by atoms with Crippen LogP contribution in [0.5, 0.6) is 0 Å². The second-order valence-corrected chi connectivity index (χ2v) is 11.5. The van der Waals surface area contributed by atoms with E-state index in [0.717, 1.165) is 10.4 Å². The van der Waals surface area contributed by atoms with Crippen LogP contribution in [0.15, 0.2) is 99.6 Å². The Kier molecular flexibility index (Phi) is 7.47. The van der Waals surface area contributed by atoms with Crippen molar-refractivity contribution in [3.63, 3.8) is 0 Å². The maximum atomic E-state index is 13.8. The van der Waals surface area contributed by atoms with Gasteiger partial charge < -0.3 is 14.3 Å². The van der Waals surface area contributed by atoms with Gasteiger partial charge in [0.2, 0.25) is 0 Å². The van der Waals surface area contributed by atoms with Crippen molar-refractivity contribution in [3.8, 4) is 22.4 Å². The molecule has 0 saturated carbocycles. The van der Waals surface area contributed by atoms with Gasteiger partial charge in [-0.25, -0.2) is 0 Å². The molecule has 0 saturated heterocycles. The number of nitrogens with one attached hydrogen (secondary N) is 1. The lowest BCUT2D eigenvalue weighted by molar-refractivity contribution is 0.0945. The van der Waals surface area contributed by atoms with Crippen LogP contribution in [0.4, 0.5) is 5.82 Å². The van der Waals surface area contributed by atoms with E-state index in [-0.39, 0.29) is 23.6 Å². The van der Waals surface area contributed by atoms with Crippen molar-refractivity contribution in [2.75, 3.05) is 5.32 Å². The Morgan fingerprint density at radius 1 is 1.02 bits per heavy atom. The molecule has 12 heteroatoms. The summed E-state index contributed by atoms with van der Waals surface area (Å²) in [7, 11) is 0. The van der Waals surface area contributed by atoms with E-state index in [2.05, 4.69) is 15.4 Å². The number of ketones is 1. The van der Waals surface area contributed by atoms with Gasteiger partial charge in [-0.05, 0) is 59.0 Å². The molecule has 0 aliphatic heterocycles. The van der Waals surface area contributed by atoms with Crippen LogP contribution in [0.1, 0.15) is 25.6 Å². The molecule has 0 fully saturated rings. The molecule has 6 heterocycles. The molecule has 0 aliphatic rings. The number of thiophene rings is 2. The second kappa shape index (κ2) is 11.5. The minimum Gasteiger partial charge on any atom is -0.472 e. The van der Waals surface area contributed by atoms with Crippen LogP contribution in [-0.2, 0) is 13.1 Å². The summed E-state index contributed by atoms with van der Waals surface area (Å²) in [5.74, 6) is -0.246. The van der Waals surface area contributed by atoms with E-state index >= 15 is 0 Å². The van der Waals surface area contributed by atoms with Gasteiger partial charge in [0.25, 0.3) is 11.5 Å². The molecule has 0 unspecified atom stereocenters. The summed E-state index contributed by atoms with van der Waals surface area (Å²) in [6, 6.07) is 13.9. The smallest absolute Gasteiger partial charge is 0.283 e. The van der Waals surface area contributed by atoms with Crippen LogP contribution in [0.3, 0.4) is 0 Å². The van der Waals surface area contributed by atoms with Crippen LogP contribution in [-0.4, -0.2) is 31.0 Å². The number of Topliss-reactive ketones (excluding diaryl/α,β-unsaturated/α-hetero) is 1. The number of aromatic nitrogens is 4. The molecule has 6 aromatic heterocycles. The van der Waals surface area contributed by atoms with E-state index in [0.29, 0.717) is 33.4 Å². The third-order valence-electron chi connectivity index (χ3n) is 6.28. The number of anilines is 1. The van der Waals surface area contributed by atoms with E-state index in [1.54, 1.807) is 54.3 Å². The summed E-state index contributed by atoms with van der Waals surface area (Å²) in [4.78, 5) is 45.1. The summed E-state index contributed by atoms with van der Waals surface area (Å²) in [6.45, 7) is 0.234. The van der Waals surface area contributed by atoms with Crippen molar-refractivity contribution in [3.05, 3.63) is 121 Å². The summed E-state index contributed by atoms with van der Waals surface area (Å²) < 4.78 is 8.33. The Hall–Kier alpha value is -4.58. The number of furan rings is 1. The van der Waals surface area contributed by atoms with E-state index in [4.69, 9.17) is 16.0 Å². The fraction of sp³-hybridized carbons (Fsp3) is 0.0690. The summed E-state index contributed by atoms with van der Waals surface area (Å²) in [5, 5.41) is 11.4. The number of pyridine rings is 2. The topological polar surface area (TPSA) is 112 Å². The minimum atomic E-state index is -0.435. The van der Waals surface area contributed by atoms with Crippen molar-refractivity contribution in [2.45, 2.75) is 13.1 Å². The monoisotopic (exact) mass is 601 g/mol.